The van der Waals surface area contributed by atoms with Gasteiger partial charge in [-0.05, 0) is 0 Å². The van der Waals surface area contributed by atoms with Crippen molar-refractivity contribution in [1.82, 2.24) is 0 Å². The first-order chi connectivity index (χ1) is 23.0. The van der Waals surface area contributed by atoms with E-state index in [-0.39, 0.29) is 0 Å². The third kappa shape index (κ3) is 8.17. The second-order valence-corrected chi connectivity index (χ2v) is 12.1. The van der Waals surface area contributed by atoms with Gasteiger partial charge in [-0.2, -0.15) is 0 Å². The van der Waals surface area contributed by atoms with E-state index < -0.39 is 161 Å². The molecule has 0 spiro atoms. The van der Waals surface area contributed by atoms with Crippen molar-refractivity contribution in [2.45, 2.75) is 129 Å². The minimum absolute atomic E-state index is 0.814. The summed E-state index contributed by atoms with van der Waals surface area (Å²) in [5, 5.41) is 153. The minimum atomic E-state index is -3.02. The number of hydrogen-bond acceptors (Lipinski definition) is 22. The molecule has 4 aliphatic rings. The standard InChI is InChI=1S/C26H44O23/c27-2-7(32)19-18(6(31)1-26(42,49-19)25(40)41)46-24-17(39)21(12(34)9(4-29)44-24)48-23-16(38)14(36)20(10(5-30)45-23)47-22-15(37)13(35)11(33)8(3-28)43-22/h6-24,27-39,42H,1-5H2,(H,40,41)/t6-,7-,8?,9?,10?,11+,12+,13?,14-,15+,16?,17+,18-,19?,20+,21?,22+,23-,24+,26-/m1/s1. The Morgan fingerprint density at radius 1 is 0.633 bits per heavy atom. The summed E-state index contributed by atoms with van der Waals surface area (Å²) in [6.45, 7) is -3.79. The highest BCUT2D eigenvalue weighted by molar-refractivity contribution is 5.75. The number of carbonyl (C=O) groups is 1. The maximum atomic E-state index is 11.5. The van der Waals surface area contributed by atoms with Gasteiger partial charge in [0.25, 0.3) is 5.79 Å². The van der Waals surface area contributed by atoms with Crippen LogP contribution in [0.5, 0.6) is 0 Å². The van der Waals surface area contributed by atoms with Gasteiger partial charge in [-0.1, -0.05) is 0 Å². The van der Waals surface area contributed by atoms with Crippen molar-refractivity contribution in [1.29, 1.82) is 0 Å². The highest BCUT2D eigenvalue weighted by atomic mass is 16.8. The van der Waals surface area contributed by atoms with Crippen LogP contribution in [-0.2, 0) is 38.0 Å². The Morgan fingerprint density at radius 2 is 1.10 bits per heavy atom. The van der Waals surface area contributed by atoms with E-state index in [1.54, 1.807) is 0 Å². The molecule has 4 fully saturated rings. The molecule has 0 bridgehead atoms. The highest BCUT2D eigenvalue weighted by Crippen LogP contribution is 2.36. The zero-order valence-electron chi connectivity index (χ0n) is 25.5. The molecule has 286 valence electrons. The molecule has 4 aliphatic heterocycles. The van der Waals surface area contributed by atoms with Gasteiger partial charge in [-0.3, -0.25) is 0 Å². The number of aliphatic carboxylic acids is 1. The van der Waals surface area contributed by atoms with Crippen molar-refractivity contribution in [3.63, 3.8) is 0 Å². The SMILES string of the molecule is O=C(O)[C@@]1(O)C[C@@H](O)[C@@H](O[C@@H]2OC(CO)[C@H](O)C(O[C@H]3OC(CO)[C@H](O[C@@H]4OC(CO)[C@H](O)C(O)[C@@H]4O)[C@H](O)C3O)[C@@H]2O)C([C@H](O)CO)O1. The predicted molar refractivity (Wildman–Crippen MR) is 145 cm³/mol. The van der Waals surface area contributed by atoms with Crippen LogP contribution in [-0.4, -0.2) is 231 Å². The summed E-state index contributed by atoms with van der Waals surface area (Å²) < 4.78 is 37.8. The van der Waals surface area contributed by atoms with Crippen molar-refractivity contribution < 1.29 is 115 Å². The highest BCUT2D eigenvalue weighted by Gasteiger charge is 2.57. The van der Waals surface area contributed by atoms with Crippen LogP contribution in [0.25, 0.3) is 0 Å². The molecule has 0 aliphatic carbocycles. The van der Waals surface area contributed by atoms with E-state index in [1.807, 2.05) is 0 Å². The lowest BCUT2D eigenvalue weighted by atomic mass is 9.92. The molecule has 15 N–H and O–H groups in total. The summed E-state index contributed by atoms with van der Waals surface area (Å²) >= 11 is 0. The Morgan fingerprint density at radius 3 is 1.63 bits per heavy atom. The number of aliphatic hydroxyl groups excluding tert-OH is 13. The lowest BCUT2D eigenvalue weighted by Gasteiger charge is -2.49. The van der Waals surface area contributed by atoms with Gasteiger partial charge in [0.05, 0.1) is 32.5 Å². The number of ether oxygens (including phenoxy) is 7. The van der Waals surface area contributed by atoms with Gasteiger partial charge in [0.1, 0.15) is 91.6 Å². The van der Waals surface area contributed by atoms with Crippen LogP contribution in [0.4, 0.5) is 0 Å². The summed E-state index contributed by atoms with van der Waals surface area (Å²) in [5.74, 6) is -4.97. The summed E-state index contributed by atoms with van der Waals surface area (Å²) in [5.41, 5.74) is 0. The van der Waals surface area contributed by atoms with Gasteiger partial charge >= 0.3 is 5.97 Å². The number of aliphatic hydroxyl groups is 14. The van der Waals surface area contributed by atoms with E-state index in [4.69, 9.17) is 33.2 Å². The molecule has 0 radical (unpaired) electrons. The Labute approximate surface area is 276 Å². The molecule has 0 aromatic carbocycles. The van der Waals surface area contributed by atoms with Crippen LogP contribution >= 0.6 is 0 Å². The fourth-order valence-electron chi connectivity index (χ4n) is 5.97. The molecule has 23 heteroatoms. The average molecular weight is 725 g/mol. The van der Waals surface area contributed by atoms with Gasteiger partial charge in [0, 0.05) is 6.42 Å². The summed E-state index contributed by atoms with van der Waals surface area (Å²) in [4.78, 5) is 11.5. The fraction of sp³-hybridized carbons (Fsp3) is 0.962. The maximum absolute atomic E-state index is 11.5. The zero-order chi connectivity index (χ0) is 36.5. The number of rotatable bonds is 12. The first-order valence-corrected chi connectivity index (χ1v) is 15.2. The molecule has 0 saturated carbocycles. The normalized spacial score (nSPS) is 50.2. The quantitative estimate of drug-likeness (QED) is 0.0888. The average Bonchev–Trinajstić information content (AvgIpc) is 3.07. The van der Waals surface area contributed by atoms with Crippen molar-refractivity contribution >= 4 is 5.97 Å². The van der Waals surface area contributed by atoms with Gasteiger partial charge in [0.15, 0.2) is 18.9 Å². The third-order valence-corrected chi connectivity index (χ3v) is 8.79. The zero-order valence-corrected chi connectivity index (χ0v) is 25.5. The molecular weight excluding hydrogens is 680 g/mol. The maximum Gasteiger partial charge on any atom is 0.364 e. The molecule has 20 atom stereocenters. The molecule has 7 unspecified atom stereocenters. The number of hydrogen-bond donors (Lipinski definition) is 15. The smallest absolute Gasteiger partial charge is 0.364 e. The van der Waals surface area contributed by atoms with Gasteiger partial charge in [-0.15, -0.1) is 0 Å². The molecular formula is C26H44O23. The van der Waals surface area contributed by atoms with E-state index >= 15 is 0 Å². The molecule has 4 rings (SSSR count). The second kappa shape index (κ2) is 16.5. The van der Waals surface area contributed by atoms with Crippen molar-refractivity contribution in [3.8, 4) is 0 Å². The Bertz CT molecular complexity index is 1070. The van der Waals surface area contributed by atoms with Crippen LogP contribution in [0.2, 0.25) is 0 Å². The molecule has 23 nitrogen and oxygen atoms in total. The van der Waals surface area contributed by atoms with E-state index in [9.17, 15) is 81.4 Å². The molecule has 0 aromatic heterocycles. The molecule has 4 heterocycles. The minimum Gasteiger partial charge on any atom is -0.477 e. The third-order valence-electron chi connectivity index (χ3n) is 8.79. The summed E-state index contributed by atoms with van der Waals surface area (Å²) in [7, 11) is 0. The van der Waals surface area contributed by atoms with Crippen molar-refractivity contribution in [2.75, 3.05) is 26.4 Å². The van der Waals surface area contributed by atoms with E-state index in [1.165, 1.54) is 0 Å². The fourth-order valence-corrected chi connectivity index (χ4v) is 5.97. The molecule has 0 amide bonds. The van der Waals surface area contributed by atoms with Crippen molar-refractivity contribution in [2.24, 2.45) is 0 Å². The first-order valence-electron chi connectivity index (χ1n) is 15.2. The summed E-state index contributed by atoms with van der Waals surface area (Å²) in [6, 6.07) is 0. The molecule has 4 saturated heterocycles. The van der Waals surface area contributed by atoms with E-state index in [0.29, 0.717) is 0 Å². The molecule has 49 heavy (non-hydrogen) atoms. The van der Waals surface area contributed by atoms with Crippen LogP contribution in [0.3, 0.4) is 0 Å². The largest absolute Gasteiger partial charge is 0.477 e. The Hall–Kier alpha value is -1.37. The van der Waals surface area contributed by atoms with Crippen LogP contribution in [0.1, 0.15) is 6.42 Å². The van der Waals surface area contributed by atoms with Gasteiger partial charge in [-0.25, -0.2) is 4.79 Å². The number of carboxylic acid groups (broad SMARTS) is 1. The lowest BCUT2D eigenvalue weighted by molar-refractivity contribution is -0.389. The van der Waals surface area contributed by atoms with Crippen LogP contribution in [0.15, 0.2) is 0 Å². The van der Waals surface area contributed by atoms with E-state index in [0.717, 1.165) is 0 Å². The lowest BCUT2D eigenvalue weighted by Crippen LogP contribution is -2.68. The summed E-state index contributed by atoms with van der Waals surface area (Å²) in [6.07, 6.45) is -36.5. The Balaban J connectivity index is 1.50. The van der Waals surface area contributed by atoms with Gasteiger partial charge in [0.2, 0.25) is 0 Å². The first kappa shape index (κ1) is 40.4. The van der Waals surface area contributed by atoms with Crippen molar-refractivity contribution in [3.05, 3.63) is 0 Å². The molecule has 0 aromatic rings. The van der Waals surface area contributed by atoms with Crippen LogP contribution < -0.4 is 0 Å². The topological polar surface area (TPSA) is 385 Å². The monoisotopic (exact) mass is 724 g/mol. The van der Waals surface area contributed by atoms with Crippen LogP contribution in [0, 0.1) is 0 Å². The predicted octanol–water partition coefficient (Wildman–Crippen LogP) is -9.90. The second-order valence-electron chi connectivity index (χ2n) is 12.1. The number of carboxylic acids is 1. The van der Waals surface area contributed by atoms with E-state index in [2.05, 4.69) is 0 Å². The Kier molecular flexibility index (Phi) is 13.6. The van der Waals surface area contributed by atoms with Gasteiger partial charge < -0.3 is 110 Å².